The molecule has 2 nitrogen and oxygen atoms in total. The van der Waals surface area contributed by atoms with E-state index in [9.17, 15) is 17.3 Å². The highest BCUT2D eigenvalue weighted by Crippen LogP contribution is 2.06. The predicted molar refractivity (Wildman–Crippen MR) is 21.4 cm³/mol. The Labute approximate surface area is 48.4 Å². The fraction of sp³-hybridized carbons (Fsp3) is 0. The zero-order valence-electron chi connectivity index (χ0n) is 3.98. The van der Waals surface area contributed by atoms with Crippen molar-refractivity contribution in [1.82, 2.24) is 0 Å². The number of halogens is 4. The smallest absolute Gasteiger partial charge is 0.418 e. The Balaban J connectivity index is 0. The van der Waals surface area contributed by atoms with Gasteiger partial charge in [-0.3, -0.25) is 0 Å². The van der Waals surface area contributed by atoms with Crippen molar-refractivity contribution in [2.75, 3.05) is 0 Å². The lowest BCUT2D eigenvalue weighted by molar-refractivity contribution is 0.368. The Morgan fingerprint density at radius 2 is 1.00 bits per heavy atom. The maximum atomic E-state index is 9.75. The van der Waals surface area contributed by atoms with Crippen LogP contribution in [0.4, 0.5) is 17.3 Å². The first-order chi connectivity index (χ1) is 3.91. The zero-order valence-corrected chi connectivity index (χ0v) is 3.98. The van der Waals surface area contributed by atoms with Gasteiger partial charge in [0.1, 0.15) is 0 Å². The second-order valence-corrected chi connectivity index (χ2v) is 0.718. The summed E-state index contributed by atoms with van der Waals surface area (Å²) in [6.07, 6.45) is 0. The Morgan fingerprint density at radius 3 is 1.00 bits per heavy atom. The van der Waals surface area contributed by atoms with Gasteiger partial charge in [0.15, 0.2) is 12.1 Å². The SMILES string of the molecule is F[B-](F)(F)F.N#CC#N. The van der Waals surface area contributed by atoms with E-state index >= 15 is 0 Å². The number of hydrogen-bond donors (Lipinski definition) is 0. The molecular formula is C2BF4N2-. The summed E-state index contributed by atoms with van der Waals surface area (Å²) in [7, 11) is -6.00. The Hall–Kier alpha value is -1.24. The van der Waals surface area contributed by atoms with Gasteiger partial charge in [-0.25, -0.2) is 0 Å². The van der Waals surface area contributed by atoms with Gasteiger partial charge in [-0.05, 0) is 0 Å². The van der Waals surface area contributed by atoms with Gasteiger partial charge in [0.25, 0.3) is 0 Å². The van der Waals surface area contributed by atoms with Crippen LogP contribution in [0.25, 0.3) is 0 Å². The van der Waals surface area contributed by atoms with Crippen LogP contribution in [0, 0.1) is 22.7 Å². The summed E-state index contributed by atoms with van der Waals surface area (Å²) >= 11 is 0. The van der Waals surface area contributed by atoms with E-state index in [1.54, 1.807) is 0 Å². The Morgan fingerprint density at radius 1 is 0.889 bits per heavy atom. The van der Waals surface area contributed by atoms with Crippen LogP contribution in [-0.2, 0) is 0 Å². The molecule has 9 heavy (non-hydrogen) atoms. The average Bonchev–Trinajstić information content (AvgIpc) is 1.61. The predicted octanol–water partition coefficient (Wildman–Crippen LogP) is 1.33. The van der Waals surface area contributed by atoms with Crippen molar-refractivity contribution >= 4 is 7.25 Å². The van der Waals surface area contributed by atoms with Crippen molar-refractivity contribution in [2.24, 2.45) is 0 Å². The first kappa shape index (κ1) is 10.7. The van der Waals surface area contributed by atoms with Crippen molar-refractivity contribution in [3.8, 4) is 12.1 Å². The fourth-order valence-corrected chi connectivity index (χ4v) is 0. The van der Waals surface area contributed by atoms with Gasteiger partial charge in [0.05, 0.1) is 0 Å². The van der Waals surface area contributed by atoms with E-state index in [2.05, 4.69) is 0 Å². The maximum Gasteiger partial charge on any atom is 0.673 e. The topological polar surface area (TPSA) is 47.6 Å². The maximum absolute atomic E-state index is 9.75. The van der Waals surface area contributed by atoms with Gasteiger partial charge in [0.2, 0.25) is 0 Å². The Bertz CT molecular complexity index is 120. The molecule has 0 bridgehead atoms. The van der Waals surface area contributed by atoms with Crippen molar-refractivity contribution in [3.63, 3.8) is 0 Å². The second kappa shape index (κ2) is 4.91. The third-order valence-corrected chi connectivity index (χ3v) is 0.0500. The van der Waals surface area contributed by atoms with E-state index in [1.807, 2.05) is 0 Å². The molecule has 7 heteroatoms. The van der Waals surface area contributed by atoms with Crippen LogP contribution >= 0.6 is 0 Å². The highest BCUT2D eigenvalue weighted by Gasteiger charge is 2.20. The van der Waals surface area contributed by atoms with Crippen LogP contribution in [0.1, 0.15) is 0 Å². The molecule has 0 spiro atoms. The fourth-order valence-electron chi connectivity index (χ4n) is 0. The summed E-state index contributed by atoms with van der Waals surface area (Å²) in [5.74, 6) is 0. The minimum atomic E-state index is -6.00. The molecular weight excluding hydrogens is 139 g/mol. The monoisotopic (exact) mass is 139 g/mol. The standard InChI is InChI=1S/C2N2.BF4/c3-1-2-4;2-1(3,4)5/q;-1. The molecule has 0 rings (SSSR count). The molecule has 0 fully saturated rings. The normalized spacial score (nSPS) is 7.78. The molecule has 0 amide bonds. The highest BCUT2D eigenvalue weighted by atomic mass is 19.5. The quantitative estimate of drug-likeness (QED) is 0.375. The lowest BCUT2D eigenvalue weighted by Gasteiger charge is -1.94. The molecule has 0 saturated carbocycles. The molecule has 0 aromatic carbocycles. The van der Waals surface area contributed by atoms with Crippen LogP contribution in [0.5, 0.6) is 0 Å². The largest absolute Gasteiger partial charge is 0.673 e. The van der Waals surface area contributed by atoms with E-state index in [0.717, 1.165) is 0 Å². The summed E-state index contributed by atoms with van der Waals surface area (Å²) in [6, 6.07) is 2.47. The summed E-state index contributed by atoms with van der Waals surface area (Å²) in [4.78, 5) is 0. The molecule has 0 N–H and O–H groups in total. The van der Waals surface area contributed by atoms with Crippen LogP contribution in [0.15, 0.2) is 0 Å². The van der Waals surface area contributed by atoms with E-state index < -0.39 is 7.25 Å². The molecule has 0 atom stereocenters. The summed E-state index contributed by atoms with van der Waals surface area (Å²) in [5, 5.41) is 14.5. The minimum Gasteiger partial charge on any atom is -0.418 e. The van der Waals surface area contributed by atoms with Gasteiger partial charge < -0.3 is 17.3 Å². The molecule has 0 aliphatic carbocycles. The van der Waals surface area contributed by atoms with E-state index in [4.69, 9.17) is 10.5 Å². The van der Waals surface area contributed by atoms with Crippen LogP contribution < -0.4 is 0 Å². The molecule has 0 saturated heterocycles. The molecule has 0 unspecified atom stereocenters. The van der Waals surface area contributed by atoms with Crippen LogP contribution in [-0.4, -0.2) is 7.25 Å². The summed E-state index contributed by atoms with van der Waals surface area (Å²) < 4.78 is 39.0. The van der Waals surface area contributed by atoms with Gasteiger partial charge in [-0.15, -0.1) is 0 Å². The minimum absolute atomic E-state index is 1.24. The molecule has 0 heterocycles. The Kier molecular flexibility index (Phi) is 5.84. The molecule has 0 aliphatic heterocycles. The molecule has 0 aromatic rings. The summed E-state index contributed by atoms with van der Waals surface area (Å²) in [5.41, 5.74) is 0. The molecule has 50 valence electrons. The van der Waals surface area contributed by atoms with Gasteiger partial charge in [-0.1, -0.05) is 0 Å². The van der Waals surface area contributed by atoms with Gasteiger partial charge >= 0.3 is 7.25 Å². The van der Waals surface area contributed by atoms with Gasteiger partial charge in [0, 0.05) is 0 Å². The van der Waals surface area contributed by atoms with E-state index in [0.29, 0.717) is 0 Å². The summed E-state index contributed by atoms with van der Waals surface area (Å²) in [6.45, 7) is 0. The lowest BCUT2D eigenvalue weighted by Crippen LogP contribution is -2.02. The number of nitrogens with zero attached hydrogens (tertiary/aromatic N) is 2. The highest BCUT2D eigenvalue weighted by molar-refractivity contribution is 6.50. The zero-order chi connectivity index (χ0) is 7.91. The van der Waals surface area contributed by atoms with E-state index in [-0.39, 0.29) is 0 Å². The number of hydrogen-bond acceptors (Lipinski definition) is 2. The van der Waals surface area contributed by atoms with Crippen LogP contribution in [0.3, 0.4) is 0 Å². The molecule has 0 radical (unpaired) electrons. The van der Waals surface area contributed by atoms with Crippen molar-refractivity contribution in [1.29, 1.82) is 10.5 Å². The van der Waals surface area contributed by atoms with Crippen LogP contribution in [0.2, 0.25) is 0 Å². The van der Waals surface area contributed by atoms with E-state index in [1.165, 1.54) is 12.1 Å². The van der Waals surface area contributed by atoms with Crippen molar-refractivity contribution in [3.05, 3.63) is 0 Å². The first-order valence-electron chi connectivity index (χ1n) is 1.57. The third-order valence-electron chi connectivity index (χ3n) is 0.0500. The molecule has 0 aromatic heterocycles. The van der Waals surface area contributed by atoms with Crippen molar-refractivity contribution < 1.29 is 17.3 Å². The molecule has 0 aliphatic rings. The second-order valence-electron chi connectivity index (χ2n) is 0.718. The van der Waals surface area contributed by atoms with Gasteiger partial charge in [-0.2, -0.15) is 10.5 Å². The average molecular weight is 139 g/mol. The first-order valence-corrected chi connectivity index (χ1v) is 1.57. The number of rotatable bonds is 0. The lowest BCUT2D eigenvalue weighted by atomic mass is 10.3. The van der Waals surface area contributed by atoms with Crippen molar-refractivity contribution in [2.45, 2.75) is 0 Å². The number of nitriles is 2. The third kappa shape index (κ3) is 2780.